The van der Waals surface area contributed by atoms with Crippen LogP contribution in [0.4, 0.5) is 14.9 Å². The maximum absolute atomic E-state index is 14.6. The zero-order chi connectivity index (χ0) is 26.2. The summed E-state index contributed by atoms with van der Waals surface area (Å²) in [5.74, 6) is -0.876. The average Bonchev–Trinajstić information content (AvgIpc) is 3.62. The third-order valence-corrected chi connectivity index (χ3v) is 7.93. The predicted octanol–water partition coefficient (Wildman–Crippen LogP) is 8.30. The van der Waals surface area contributed by atoms with Gasteiger partial charge in [-0.2, -0.15) is 4.39 Å². The highest BCUT2D eigenvalue weighted by Crippen LogP contribution is 2.51. The lowest BCUT2D eigenvalue weighted by atomic mass is 9.89. The number of ether oxygens (including phenoxy) is 1. The van der Waals surface area contributed by atoms with Crippen molar-refractivity contribution in [1.29, 1.82) is 0 Å². The Kier molecular flexibility index (Phi) is 6.75. The van der Waals surface area contributed by atoms with Crippen LogP contribution in [0, 0.1) is 5.13 Å². The van der Waals surface area contributed by atoms with Crippen LogP contribution < -0.4 is 5.32 Å². The number of hydrogen-bond donors (Lipinski definition) is 2. The maximum Gasteiger partial charge on any atom is 0.412 e. The van der Waals surface area contributed by atoms with Gasteiger partial charge in [0.1, 0.15) is 6.10 Å². The van der Waals surface area contributed by atoms with Crippen LogP contribution in [0.25, 0.3) is 21.6 Å². The Morgan fingerprint density at radius 2 is 1.73 bits per heavy atom. The molecule has 2 N–H and O–H groups in total. The highest BCUT2D eigenvalue weighted by atomic mass is 35.5. The van der Waals surface area contributed by atoms with Crippen LogP contribution in [-0.2, 0) is 14.9 Å². The molecule has 1 unspecified atom stereocenters. The molecule has 0 radical (unpaired) electrons. The van der Waals surface area contributed by atoms with E-state index in [4.69, 9.17) is 16.3 Å². The van der Waals surface area contributed by atoms with E-state index in [1.54, 1.807) is 37.3 Å². The van der Waals surface area contributed by atoms with Crippen LogP contribution in [-0.4, -0.2) is 17.2 Å². The fraction of sp³-hybridized carbons (Fsp3) is 0.172. The van der Waals surface area contributed by atoms with E-state index < -0.39 is 28.7 Å². The summed E-state index contributed by atoms with van der Waals surface area (Å²) in [6, 6.07) is 23.3. The fourth-order valence-electron chi connectivity index (χ4n) is 4.47. The van der Waals surface area contributed by atoms with E-state index in [2.05, 4.69) is 5.32 Å². The van der Waals surface area contributed by atoms with E-state index in [1.165, 1.54) is 6.07 Å². The number of carbonyl (C=O) groups is 2. The highest BCUT2D eigenvalue weighted by Gasteiger charge is 2.52. The molecule has 4 aromatic rings. The van der Waals surface area contributed by atoms with Gasteiger partial charge >= 0.3 is 12.1 Å². The molecular weight excluding hydrogens is 513 g/mol. The summed E-state index contributed by atoms with van der Waals surface area (Å²) in [7, 11) is 0. The molecule has 1 fully saturated rings. The molecule has 1 atom stereocenters. The first-order valence-electron chi connectivity index (χ1n) is 11.7. The van der Waals surface area contributed by atoms with E-state index >= 15 is 0 Å². The normalized spacial score (nSPS) is 14.6. The summed E-state index contributed by atoms with van der Waals surface area (Å²) in [6.07, 6.45) is -0.298. The zero-order valence-electron chi connectivity index (χ0n) is 19.8. The first-order valence-corrected chi connectivity index (χ1v) is 12.9. The number of aliphatic carboxylic acids is 1. The van der Waals surface area contributed by atoms with E-state index in [0.29, 0.717) is 39.4 Å². The number of benzene rings is 3. The SMILES string of the molecule is CC(OC(=O)Nc1cc(F)sc1-c1cc(C2(C(=O)O)CC2)ccc1-c1ccccc1)c1ccccc1Cl. The summed E-state index contributed by atoms with van der Waals surface area (Å²) in [5.41, 5.74) is 2.94. The van der Waals surface area contributed by atoms with Crippen molar-refractivity contribution in [2.24, 2.45) is 0 Å². The third kappa shape index (κ3) is 4.97. The van der Waals surface area contributed by atoms with Gasteiger partial charge in [-0.1, -0.05) is 72.3 Å². The van der Waals surface area contributed by atoms with Gasteiger partial charge in [0.2, 0.25) is 0 Å². The number of amides is 1. The van der Waals surface area contributed by atoms with Gasteiger partial charge in [0.25, 0.3) is 0 Å². The minimum atomic E-state index is -0.934. The maximum atomic E-state index is 14.6. The predicted molar refractivity (Wildman–Crippen MR) is 144 cm³/mol. The van der Waals surface area contributed by atoms with Gasteiger partial charge in [0, 0.05) is 22.2 Å². The van der Waals surface area contributed by atoms with E-state index in [0.717, 1.165) is 22.5 Å². The third-order valence-electron chi connectivity index (χ3n) is 6.63. The van der Waals surface area contributed by atoms with Crippen molar-refractivity contribution < 1.29 is 23.8 Å². The first kappa shape index (κ1) is 25.0. The summed E-state index contributed by atoms with van der Waals surface area (Å²) in [6.45, 7) is 1.70. The van der Waals surface area contributed by atoms with Gasteiger partial charge in [-0.3, -0.25) is 10.1 Å². The van der Waals surface area contributed by atoms with Crippen molar-refractivity contribution in [3.05, 3.63) is 100 Å². The largest absolute Gasteiger partial charge is 0.481 e. The molecule has 1 aliphatic rings. The summed E-state index contributed by atoms with van der Waals surface area (Å²) in [4.78, 5) is 25.3. The second-order valence-corrected chi connectivity index (χ2v) is 10.4. The van der Waals surface area contributed by atoms with Crippen molar-refractivity contribution >= 4 is 40.7 Å². The molecule has 5 rings (SSSR count). The Morgan fingerprint density at radius 3 is 2.41 bits per heavy atom. The number of thiophene rings is 1. The Hall–Kier alpha value is -3.68. The van der Waals surface area contributed by atoms with Crippen LogP contribution in [0.5, 0.6) is 0 Å². The topological polar surface area (TPSA) is 75.6 Å². The molecule has 8 heteroatoms. The standard InChI is InChI=1S/C29H23ClFNO4S/c1-17(20-9-5-6-10-23(20)30)36-28(35)32-24-16-25(31)37-26(24)22-15-19(29(13-14-29)27(33)34)11-12-21(22)18-7-3-2-4-8-18/h2-12,15-17H,13-14H2,1H3,(H,32,35)(H,33,34). The van der Waals surface area contributed by atoms with Crippen molar-refractivity contribution in [2.75, 3.05) is 5.32 Å². The Balaban J connectivity index is 1.51. The number of carbonyl (C=O) groups excluding carboxylic acids is 1. The molecule has 1 aromatic heterocycles. The molecule has 1 aliphatic carbocycles. The molecule has 3 aromatic carbocycles. The molecule has 37 heavy (non-hydrogen) atoms. The molecule has 0 bridgehead atoms. The smallest absolute Gasteiger partial charge is 0.412 e. The van der Waals surface area contributed by atoms with Crippen molar-refractivity contribution in [3.63, 3.8) is 0 Å². The number of carboxylic acids is 1. The lowest BCUT2D eigenvalue weighted by molar-refractivity contribution is -0.140. The molecular formula is C29H23ClFNO4S. The Labute approximate surface area is 222 Å². The second kappa shape index (κ2) is 10.00. The molecule has 0 spiro atoms. The summed E-state index contributed by atoms with van der Waals surface area (Å²) in [5, 5.41) is 12.5. The number of nitrogens with one attached hydrogen (secondary N) is 1. The van der Waals surface area contributed by atoms with E-state index in [1.807, 2.05) is 42.5 Å². The van der Waals surface area contributed by atoms with Crippen LogP contribution in [0.3, 0.4) is 0 Å². The van der Waals surface area contributed by atoms with Crippen molar-refractivity contribution in [3.8, 4) is 21.6 Å². The summed E-state index contributed by atoms with van der Waals surface area (Å²) < 4.78 is 20.2. The van der Waals surface area contributed by atoms with Crippen LogP contribution in [0.2, 0.25) is 5.02 Å². The fourth-order valence-corrected chi connectivity index (χ4v) is 5.63. The van der Waals surface area contributed by atoms with Gasteiger partial charge in [-0.25, -0.2) is 4.79 Å². The lowest BCUT2D eigenvalue weighted by Gasteiger charge is -2.18. The molecule has 188 valence electrons. The minimum absolute atomic E-state index is 0.244. The number of hydrogen-bond acceptors (Lipinski definition) is 4. The van der Waals surface area contributed by atoms with Gasteiger partial charge in [-0.05, 0) is 48.6 Å². The van der Waals surface area contributed by atoms with E-state index in [9.17, 15) is 19.1 Å². The lowest BCUT2D eigenvalue weighted by Crippen LogP contribution is -2.19. The van der Waals surface area contributed by atoms with Crippen molar-refractivity contribution in [1.82, 2.24) is 0 Å². The van der Waals surface area contributed by atoms with Crippen molar-refractivity contribution in [2.45, 2.75) is 31.3 Å². The Bertz CT molecular complexity index is 1480. The van der Waals surface area contributed by atoms with Crippen LogP contribution in [0.15, 0.2) is 78.9 Å². The van der Waals surface area contributed by atoms with Crippen LogP contribution >= 0.6 is 22.9 Å². The number of anilines is 1. The summed E-state index contributed by atoms with van der Waals surface area (Å²) >= 11 is 7.10. The molecule has 0 saturated heterocycles. The number of halogens is 2. The van der Waals surface area contributed by atoms with Gasteiger partial charge in [0.05, 0.1) is 16.0 Å². The average molecular weight is 536 g/mol. The number of carboxylic acid groups (broad SMARTS) is 1. The van der Waals surface area contributed by atoms with Gasteiger partial charge in [0.15, 0.2) is 5.13 Å². The van der Waals surface area contributed by atoms with E-state index in [-0.39, 0.29) is 5.69 Å². The molecule has 1 heterocycles. The first-order chi connectivity index (χ1) is 17.8. The monoisotopic (exact) mass is 535 g/mol. The minimum Gasteiger partial charge on any atom is -0.481 e. The molecule has 1 saturated carbocycles. The molecule has 1 amide bonds. The quantitative estimate of drug-likeness (QED) is 0.249. The second-order valence-electron chi connectivity index (χ2n) is 9.00. The van der Waals surface area contributed by atoms with Gasteiger partial charge < -0.3 is 9.84 Å². The highest BCUT2D eigenvalue weighted by molar-refractivity contribution is 7.14. The molecule has 0 aliphatic heterocycles. The van der Waals surface area contributed by atoms with Crippen LogP contribution in [0.1, 0.15) is 37.0 Å². The van der Waals surface area contributed by atoms with Gasteiger partial charge in [-0.15, -0.1) is 11.3 Å². The zero-order valence-corrected chi connectivity index (χ0v) is 21.4. The number of rotatable bonds is 7. The molecule has 5 nitrogen and oxygen atoms in total. The Morgan fingerprint density at radius 1 is 1.03 bits per heavy atom.